The quantitative estimate of drug-likeness (QED) is 0.318. The zero-order valence-corrected chi connectivity index (χ0v) is 20.1. The van der Waals surface area contributed by atoms with Crippen molar-refractivity contribution in [2.24, 2.45) is 16.3 Å². The van der Waals surface area contributed by atoms with E-state index in [9.17, 15) is 4.79 Å². The van der Waals surface area contributed by atoms with E-state index in [1.165, 1.54) is 0 Å². The number of hydrogen-bond acceptors (Lipinski definition) is 3. The van der Waals surface area contributed by atoms with Crippen LogP contribution < -0.4 is 10.6 Å². The molecule has 1 saturated carbocycles. The van der Waals surface area contributed by atoms with Gasteiger partial charge in [0.1, 0.15) is 0 Å². The SMILES string of the molecule is CN=C(NCC(CC(C)C)N(C)C)NCC1(C(=O)N(C)C)CCCC1.I. The highest BCUT2D eigenvalue weighted by Gasteiger charge is 2.42. The molecule has 154 valence electrons. The smallest absolute Gasteiger partial charge is 0.230 e. The van der Waals surface area contributed by atoms with Crippen molar-refractivity contribution in [2.45, 2.75) is 52.0 Å². The molecule has 0 heterocycles. The number of likely N-dealkylation sites (N-methyl/N-ethyl adjacent to an activating group) is 1. The van der Waals surface area contributed by atoms with Crippen molar-refractivity contribution in [3.8, 4) is 0 Å². The summed E-state index contributed by atoms with van der Waals surface area (Å²) >= 11 is 0. The number of hydrogen-bond donors (Lipinski definition) is 2. The van der Waals surface area contributed by atoms with Gasteiger partial charge in [-0.05, 0) is 39.3 Å². The standard InChI is InChI=1S/C19H39N5O.HI/c1-15(2)12-16(23(4)5)13-21-18(20-3)22-14-19(10-8-9-11-19)17(25)24(6)7;/h15-16H,8-14H2,1-7H3,(H2,20,21,22);1H. The van der Waals surface area contributed by atoms with E-state index in [4.69, 9.17) is 0 Å². The van der Waals surface area contributed by atoms with Crippen LogP contribution in [0.15, 0.2) is 4.99 Å². The molecular formula is C19H40IN5O. The second-order valence-corrected chi connectivity index (χ2v) is 8.24. The fraction of sp³-hybridized carbons (Fsp3) is 0.895. The van der Waals surface area contributed by atoms with Crippen molar-refractivity contribution < 1.29 is 4.79 Å². The number of carbonyl (C=O) groups excluding carboxylic acids is 1. The Balaban J connectivity index is 0.00000625. The van der Waals surface area contributed by atoms with Gasteiger partial charge < -0.3 is 20.4 Å². The Morgan fingerprint density at radius 1 is 1.12 bits per heavy atom. The molecule has 1 rings (SSSR count). The van der Waals surface area contributed by atoms with Crippen LogP contribution >= 0.6 is 24.0 Å². The first-order chi connectivity index (χ1) is 11.7. The van der Waals surface area contributed by atoms with Crippen molar-refractivity contribution >= 4 is 35.8 Å². The average Bonchev–Trinajstić information content (AvgIpc) is 3.02. The van der Waals surface area contributed by atoms with Gasteiger partial charge in [0, 0.05) is 40.3 Å². The predicted molar refractivity (Wildman–Crippen MR) is 121 cm³/mol. The van der Waals surface area contributed by atoms with E-state index in [0.717, 1.165) is 44.6 Å². The Labute approximate surface area is 177 Å². The van der Waals surface area contributed by atoms with Crippen LogP contribution in [0.1, 0.15) is 46.0 Å². The first-order valence-electron chi connectivity index (χ1n) is 9.54. The summed E-state index contributed by atoms with van der Waals surface area (Å²) in [7, 11) is 9.73. The summed E-state index contributed by atoms with van der Waals surface area (Å²) in [5.41, 5.74) is -0.278. The lowest BCUT2D eigenvalue weighted by Crippen LogP contribution is -2.51. The van der Waals surface area contributed by atoms with E-state index in [0.29, 0.717) is 18.5 Å². The molecule has 1 unspecified atom stereocenters. The maximum atomic E-state index is 12.7. The number of aliphatic imine (C=N–C) groups is 1. The normalized spacial score (nSPS) is 17.8. The fourth-order valence-electron chi connectivity index (χ4n) is 3.70. The van der Waals surface area contributed by atoms with Gasteiger partial charge >= 0.3 is 0 Å². The molecular weight excluding hydrogens is 441 g/mol. The zero-order valence-electron chi connectivity index (χ0n) is 17.8. The third kappa shape index (κ3) is 7.58. The molecule has 0 radical (unpaired) electrons. The molecule has 7 heteroatoms. The van der Waals surface area contributed by atoms with Crippen LogP contribution in [0.4, 0.5) is 0 Å². The number of carbonyl (C=O) groups is 1. The predicted octanol–water partition coefficient (Wildman–Crippen LogP) is 2.39. The molecule has 6 nitrogen and oxygen atoms in total. The number of nitrogens with one attached hydrogen (secondary N) is 2. The minimum atomic E-state index is -0.278. The molecule has 0 aromatic rings. The molecule has 26 heavy (non-hydrogen) atoms. The molecule has 1 aliphatic carbocycles. The van der Waals surface area contributed by atoms with Crippen molar-refractivity contribution in [1.29, 1.82) is 0 Å². The van der Waals surface area contributed by atoms with E-state index < -0.39 is 0 Å². The van der Waals surface area contributed by atoms with Crippen LogP contribution in [0.5, 0.6) is 0 Å². The Bertz CT molecular complexity index is 445. The van der Waals surface area contributed by atoms with Crippen LogP contribution in [-0.4, -0.2) is 76.0 Å². The largest absolute Gasteiger partial charge is 0.355 e. The maximum absolute atomic E-state index is 12.7. The molecule has 1 atom stereocenters. The van der Waals surface area contributed by atoms with Crippen molar-refractivity contribution in [3.63, 3.8) is 0 Å². The molecule has 0 spiro atoms. The van der Waals surface area contributed by atoms with Gasteiger partial charge in [-0.3, -0.25) is 9.79 Å². The van der Waals surface area contributed by atoms with E-state index in [-0.39, 0.29) is 35.3 Å². The summed E-state index contributed by atoms with van der Waals surface area (Å²) in [5, 5.41) is 6.85. The van der Waals surface area contributed by atoms with Gasteiger partial charge in [-0.1, -0.05) is 26.7 Å². The monoisotopic (exact) mass is 481 g/mol. The maximum Gasteiger partial charge on any atom is 0.230 e. The molecule has 1 fully saturated rings. The lowest BCUT2D eigenvalue weighted by atomic mass is 9.84. The summed E-state index contributed by atoms with van der Waals surface area (Å²) in [5.74, 6) is 1.68. The van der Waals surface area contributed by atoms with Crippen LogP contribution in [0, 0.1) is 11.3 Å². The van der Waals surface area contributed by atoms with Gasteiger partial charge in [0.15, 0.2) is 5.96 Å². The fourth-order valence-corrected chi connectivity index (χ4v) is 3.70. The topological polar surface area (TPSA) is 60.0 Å². The lowest BCUT2D eigenvalue weighted by molar-refractivity contribution is -0.138. The van der Waals surface area contributed by atoms with E-state index in [1.54, 1.807) is 11.9 Å². The summed E-state index contributed by atoms with van der Waals surface area (Å²) in [6.45, 7) is 6.00. The molecule has 0 aliphatic heterocycles. The summed E-state index contributed by atoms with van der Waals surface area (Å²) in [6, 6.07) is 0.461. The number of nitrogens with zero attached hydrogens (tertiary/aromatic N) is 3. The average molecular weight is 481 g/mol. The summed E-state index contributed by atoms with van der Waals surface area (Å²) in [4.78, 5) is 21.0. The van der Waals surface area contributed by atoms with Gasteiger partial charge in [0.05, 0.1) is 5.41 Å². The summed E-state index contributed by atoms with van der Waals surface area (Å²) in [6.07, 6.45) is 5.32. The van der Waals surface area contributed by atoms with Crippen LogP contribution in [-0.2, 0) is 4.79 Å². The second kappa shape index (κ2) is 12.0. The number of amides is 1. The summed E-state index contributed by atoms with van der Waals surface area (Å²) < 4.78 is 0. The first-order valence-corrected chi connectivity index (χ1v) is 9.54. The van der Waals surface area contributed by atoms with Gasteiger partial charge in [0.2, 0.25) is 5.91 Å². The first kappa shape index (κ1) is 25.4. The Morgan fingerprint density at radius 3 is 2.12 bits per heavy atom. The zero-order chi connectivity index (χ0) is 19.0. The molecule has 0 aromatic carbocycles. The Kier molecular flexibility index (Phi) is 11.7. The van der Waals surface area contributed by atoms with Crippen molar-refractivity contribution in [3.05, 3.63) is 0 Å². The number of guanidine groups is 1. The van der Waals surface area contributed by atoms with Gasteiger partial charge in [0.25, 0.3) is 0 Å². The molecule has 0 bridgehead atoms. The van der Waals surface area contributed by atoms with Gasteiger partial charge in [-0.15, -0.1) is 24.0 Å². The highest BCUT2D eigenvalue weighted by Crippen LogP contribution is 2.38. The van der Waals surface area contributed by atoms with Crippen molar-refractivity contribution in [1.82, 2.24) is 20.4 Å². The lowest BCUT2D eigenvalue weighted by Gasteiger charge is -2.32. The highest BCUT2D eigenvalue weighted by atomic mass is 127. The second-order valence-electron chi connectivity index (χ2n) is 8.24. The van der Waals surface area contributed by atoms with Crippen molar-refractivity contribution in [2.75, 3.05) is 48.3 Å². The molecule has 0 saturated heterocycles. The highest BCUT2D eigenvalue weighted by molar-refractivity contribution is 14.0. The molecule has 1 aliphatic rings. The van der Waals surface area contributed by atoms with Crippen LogP contribution in [0.25, 0.3) is 0 Å². The van der Waals surface area contributed by atoms with E-state index >= 15 is 0 Å². The van der Waals surface area contributed by atoms with E-state index in [2.05, 4.69) is 48.5 Å². The molecule has 0 aromatic heterocycles. The minimum Gasteiger partial charge on any atom is -0.355 e. The molecule has 1 amide bonds. The van der Waals surface area contributed by atoms with Crippen LogP contribution in [0.3, 0.4) is 0 Å². The van der Waals surface area contributed by atoms with Gasteiger partial charge in [-0.2, -0.15) is 0 Å². The number of rotatable bonds is 8. The third-order valence-electron chi connectivity index (χ3n) is 5.22. The Hall–Kier alpha value is -0.570. The minimum absolute atomic E-state index is 0. The van der Waals surface area contributed by atoms with Gasteiger partial charge in [-0.25, -0.2) is 0 Å². The Morgan fingerprint density at radius 2 is 1.69 bits per heavy atom. The molecule has 2 N–H and O–H groups in total. The van der Waals surface area contributed by atoms with E-state index in [1.807, 2.05) is 14.1 Å². The third-order valence-corrected chi connectivity index (χ3v) is 5.22. The van der Waals surface area contributed by atoms with Crippen LogP contribution in [0.2, 0.25) is 0 Å². The number of halogens is 1.